The highest BCUT2D eigenvalue weighted by Gasteiger charge is 2.26. The quantitative estimate of drug-likeness (QED) is 0.575. The molecule has 1 aromatic heterocycles. The van der Waals surface area contributed by atoms with E-state index >= 15 is 0 Å². The minimum Gasteiger partial charge on any atom is -0.383 e. The van der Waals surface area contributed by atoms with Gasteiger partial charge in [0.15, 0.2) is 5.13 Å². The van der Waals surface area contributed by atoms with Crippen LogP contribution >= 0.6 is 11.3 Å². The van der Waals surface area contributed by atoms with Gasteiger partial charge in [-0.15, -0.1) is 0 Å². The van der Waals surface area contributed by atoms with Gasteiger partial charge >= 0.3 is 0 Å². The summed E-state index contributed by atoms with van der Waals surface area (Å²) in [4.78, 5) is 19.7. The summed E-state index contributed by atoms with van der Waals surface area (Å²) in [7, 11) is -2.21. The number of fused-ring (bicyclic) bond motifs is 1. The van der Waals surface area contributed by atoms with E-state index in [1.807, 2.05) is 24.3 Å². The van der Waals surface area contributed by atoms with Crippen molar-refractivity contribution in [1.29, 1.82) is 0 Å². The standard InChI is InChI=1S/C22H27N3O4S2/c1-15-10-11-16(31(27,28)24-22(2,3)4)14-17(15)20(26)25(12-13-29-5)21-23-18-8-6-7-9-19(18)30-21/h6-11,14,24H,12-13H2,1-5H3. The van der Waals surface area contributed by atoms with Crippen molar-refractivity contribution < 1.29 is 17.9 Å². The largest absolute Gasteiger partial charge is 0.383 e. The Bertz CT molecular complexity index is 1160. The first kappa shape index (κ1) is 23.3. The van der Waals surface area contributed by atoms with Gasteiger partial charge < -0.3 is 4.74 Å². The molecule has 7 nitrogen and oxygen atoms in total. The van der Waals surface area contributed by atoms with Gasteiger partial charge in [0.1, 0.15) is 0 Å². The van der Waals surface area contributed by atoms with Crippen LogP contribution < -0.4 is 9.62 Å². The van der Waals surface area contributed by atoms with Crippen molar-refractivity contribution in [3.8, 4) is 0 Å². The number of amides is 1. The van der Waals surface area contributed by atoms with Crippen molar-refractivity contribution in [3.63, 3.8) is 0 Å². The summed E-state index contributed by atoms with van der Waals surface area (Å²) in [5.74, 6) is -0.318. The van der Waals surface area contributed by atoms with Crippen molar-refractivity contribution in [2.24, 2.45) is 0 Å². The number of methoxy groups -OCH3 is 1. The van der Waals surface area contributed by atoms with Gasteiger partial charge in [-0.3, -0.25) is 9.69 Å². The lowest BCUT2D eigenvalue weighted by Crippen LogP contribution is -2.40. The number of hydrogen-bond acceptors (Lipinski definition) is 6. The summed E-state index contributed by atoms with van der Waals surface area (Å²) in [6.45, 7) is 7.71. The summed E-state index contributed by atoms with van der Waals surface area (Å²) < 4.78 is 34.4. The Morgan fingerprint density at radius 3 is 2.55 bits per heavy atom. The molecule has 0 atom stereocenters. The second-order valence-corrected chi connectivity index (χ2v) is 10.9. The molecule has 0 saturated carbocycles. The Morgan fingerprint density at radius 1 is 1.19 bits per heavy atom. The minimum atomic E-state index is -3.78. The van der Waals surface area contributed by atoms with Gasteiger partial charge in [-0.05, 0) is 57.5 Å². The maximum absolute atomic E-state index is 13.5. The fourth-order valence-electron chi connectivity index (χ4n) is 3.05. The highest BCUT2D eigenvalue weighted by molar-refractivity contribution is 7.89. The Labute approximate surface area is 187 Å². The molecule has 0 aliphatic rings. The van der Waals surface area contributed by atoms with Crippen LogP contribution in [0.15, 0.2) is 47.4 Å². The van der Waals surface area contributed by atoms with Crippen LogP contribution in [0.25, 0.3) is 10.2 Å². The number of aromatic nitrogens is 1. The third-order valence-electron chi connectivity index (χ3n) is 4.47. The lowest BCUT2D eigenvalue weighted by atomic mass is 10.1. The topological polar surface area (TPSA) is 88.6 Å². The van der Waals surface area contributed by atoms with Crippen molar-refractivity contribution in [3.05, 3.63) is 53.6 Å². The molecule has 9 heteroatoms. The highest BCUT2D eigenvalue weighted by atomic mass is 32.2. The van der Waals surface area contributed by atoms with Crippen molar-refractivity contribution >= 4 is 42.6 Å². The smallest absolute Gasteiger partial charge is 0.260 e. The number of rotatable bonds is 7. The Hall–Kier alpha value is -2.33. The first-order chi connectivity index (χ1) is 14.5. The first-order valence-corrected chi connectivity index (χ1v) is 12.1. The SMILES string of the molecule is COCCN(C(=O)c1cc(S(=O)(=O)NC(C)(C)C)ccc1C)c1nc2ccccc2s1. The minimum absolute atomic E-state index is 0.0485. The zero-order valence-electron chi connectivity index (χ0n) is 18.3. The number of aryl methyl sites for hydroxylation is 1. The molecule has 0 unspecified atom stereocenters. The molecule has 1 N–H and O–H groups in total. The van der Waals surface area contributed by atoms with Gasteiger partial charge in [0.05, 0.1) is 28.3 Å². The second-order valence-electron chi connectivity index (χ2n) is 8.25. The van der Waals surface area contributed by atoms with E-state index in [2.05, 4.69) is 9.71 Å². The molecular weight excluding hydrogens is 434 g/mol. The lowest BCUT2D eigenvalue weighted by Gasteiger charge is -2.22. The number of nitrogens with one attached hydrogen (secondary N) is 1. The summed E-state index contributed by atoms with van der Waals surface area (Å²) in [6.07, 6.45) is 0. The number of sulfonamides is 1. The molecule has 0 aliphatic heterocycles. The highest BCUT2D eigenvalue weighted by Crippen LogP contribution is 2.30. The van der Waals surface area contributed by atoms with Gasteiger partial charge in [0, 0.05) is 18.2 Å². The summed E-state index contributed by atoms with van der Waals surface area (Å²) in [5.41, 5.74) is 1.16. The summed E-state index contributed by atoms with van der Waals surface area (Å²) in [6, 6.07) is 12.3. The molecule has 2 aromatic carbocycles. The molecule has 1 amide bonds. The molecule has 1 heterocycles. The Balaban J connectivity index is 2.03. The molecule has 31 heavy (non-hydrogen) atoms. The van der Waals surface area contributed by atoms with E-state index in [-0.39, 0.29) is 10.8 Å². The van der Waals surface area contributed by atoms with Crippen molar-refractivity contribution in [2.45, 2.75) is 38.1 Å². The van der Waals surface area contributed by atoms with E-state index in [9.17, 15) is 13.2 Å². The molecule has 166 valence electrons. The predicted molar refractivity (Wildman–Crippen MR) is 124 cm³/mol. The van der Waals surface area contributed by atoms with E-state index in [0.29, 0.717) is 29.4 Å². The van der Waals surface area contributed by atoms with E-state index in [4.69, 9.17) is 4.74 Å². The lowest BCUT2D eigenvalue weighted by molar-refractivity contribution is 0.0975. The second kappa shape index (κ2) is 9.04. The fourth-order valence-corrected chi connectivity index (χ4v) is 5.48. The van der Waals surface area contributed by atoms with Gasteiger partial charge in [-0.1, -0.05) is 29.5 Å². The molecule has 0 aliphatic carbocycles. The summed E-state index contributed by atoms with van der Waals surface area (Å²) >= 11 is 1.41. The number of ether oxygens (including phenoxy) is 1. The molecular formula is C22H27N3O4S2. The van der Waals surface area contributed by atoms with Crippen LogP contribution in [0.5, 0.6) is 0 Å². The van der Waals surface area contributed by atoms with Crippen LogP contribution in [0.4, 0.5) is 5.13 Å². The maximum Gasteiger partial charge on any atom is 0.260 e. The van der Waals surface area contributed by atoms with Crippen LogP contribution in [0.2, 0.25) is 0 Å². The van der Waals surface area contributed by atoms with Gasteiger partial charge in [-0.2, -0.15) is 0 Å². The molecule has 3 aromatic rings. The van der Waals surface area contributed by atoms with E-state index in [0.717, 1.165) is 10.2 Å². The number of para-hydroxylation sites is 1. The molecule has 0 spiro atoms. The normalized spacial score (nSPS) is 12.3. The molecule has 0 fully saturated rings. The summed E-state index contributed by atoms with van der Waals surface area (Å²) in [5, 5.41) is 0.545. The number of carbonyl (C=O) groups is 1. The maximum atomic E-state index is 13.5. The zero-order valence-corrected chi connectivity index (χ0v) is 19.9. The van der Waals surface area contributed by atoms with Crippen LogP contribution in [0.1, 0.15) is 36.7 Å². The number of hydrogen-bond donors (Lipinski definition) is 1. The van der Waals surface area contributed by atoms with Crippen LogP contribution in [0.3, 0.4) is 0 Å². The predicted octanol–water partition coefficient (Wildman–Crippen LogP) is 3.97. The Morgan fingerprint density at radius 2 is 1.90 bits per heavy atom. The fraction of sp³-hybridized carbons (Fsp3) is 0.364. The zero-order chi connectivity index (χ0) is 22.8. The average Bonchev–Trinajstić information content (AvgIpc) is 3.10. The molecule has 0 bridgehead atoms. The first-order valence-electron chi connectivity index (χ1n) is 9.83. The van der Waals surface area contributed by atoms with Gasteiger partial charge in [-0.25, -0.2) is 18.1 Å². The average molecular weight is 462 g/mol. The number of thiazole rings is 1. The molecule has 0 saturated heterocycles. The number of anilines is 1. The monoisotopic (exact) mass is 461 g/mol. The van der Waals surface area contributed by atoms with E-state index < -0.39 is 15.6 Å². The van der Waals surface area contributed by atoms with Crippen LogP contribution in [-0.4, -0.2) is 45.1 Å². The van der Waals surface area contributed by atoms with Crippen molar-refractivity contribution in [2.75, 3.05) is 25.2 Å². The number of benzene rings is 2. The van der Waals surface area contributed by atoms with Gasteiger partial charge in [0.25, 0.3) is 5.91 Å². The molecule has 0 radical (unpaired) electrons. The third kappa shape index (κ3) is 5.48. The van der Waals surface area contributed by atoms with E-state index in [1.165, 1.54) is 23.5 Å². The van der Waals surface area contributed by atoms with Crippen molar-refractivity contribution in [1.82, 2.24) is 9.71 Å². The number of carbonyl (C=O) groups excluding carboxylic acids is 1. The van der Waals surface area contributed by atoms with Crippen LogP contribution in [-0.2, 0) is 14.8 Å². The molecule has 3 rings (SSSR count). The van der Waals surface area contributed by atoms with Crippen LogP contribution in [0, 0.1) is 6.92 Å². The Kier molecular flexibility index (Phi) is 6.80. The number of nitrogens with zero attached hydrogens (tertiary/aromatic N) is 2. The third-order valence-corrected chi connectivity index (χ3v) is 7.28. The van der Waals surface area contributed by atoms with Gasteiger partial charge in [0.2, 0.25) is 10.0 Å². The van der Waals surface area contributed by atoms with E-state index in [1.54, 1.807) is 45.8 Å².